The van der Waals surface area contributed by atoms with E-state index in [2.05, 4.69) is 31.9 Å². The van der Waals surface area contributed by atoms with Gasteiger partial charge in [-0.25, -0.2) is 9.59 Å². The minimum absolute atomic E-state index is 0.0330. The standard InChI is InChI=1S/C17H16BrNO3.C15H12BrNO3/c1-2-22-17(21)13-6-4-10-19(16(13)20)15-9-8-11-12(15)5-3-7-14(11)18;16-12-5-1-3-10-9(12)6-7-13(10)17-8-2-4-11(14(17)18)15(19)20/h3-7,10,15H,2,8-9H2,1H3;1-5,8,13H,6-7H2,(H,19,20). The van der Waals surface area contributed by atoms with Crippen molar-refractivity contribution in [1.29, 1.82) is 0 Å². The third kappa shape index (κ3) is 5.65. The van der Waals surface area contributed by atoms with Gasteiger partial charge in [-0.1, -0.05) is 56.1 Å². The van der Waals surface area contributed by atoms with Crippen LogP contribution in [0.1, 0.15) is 74.8 Å². The number of benzene rings is 2. The first-order chi connectivity index (χ1) is 20.2. The van der Waals surface area contributed by atoms with Gasteiger partial charge in [-0.05, 0) is 91.3 Å². The second kappa shape index (κ2) is 12.6. The van der Waals surface area contributed by atoms with Crippen LogP contribution in [-0.4, -0.2) is 32.8 Å². The molecule has 2 heterocycles. The number of carbonyl (C=O) groups is 2. The van der Waals surface area contributed by atoms with Crippen molar-refractivity contribution in [3.05, 3.63) is 136 Å². The highest BCUT2D eigenvalue weighted by atomic mass is 79.9. The lowest BCUT2D eigenvalue weighted by molar-refractivity contribution is 0.0522. The molecule has 2 unspecified atom stereocenters. The molecule has 216 valence electrons. The van der Waals surface area contributed by atoms with Gasteiger partial charge in [-0.2, -0.15) is 0 Å². The molecule has 0 saturated heterocycles. The molecule has 2 aromatic heterocycles. The SMILES string of the molecule is CCOC(=O)c1cccn(C2CCc3c(Br)cccc32)c1=O.O=C(O)c1cccn(C2CCc3c(Br)cccc32)c1=O. The van der Waals surface area contributed by atoms with Gasteiger partial charge in [0.2, 0.25) is 0 Å². The van der Waals surface area contributed by atoms with Crippen molar-refractivity contribution in [3.8, 4) is 0 Å². The predicted molar refractivity (Wildman–Crippen MR) is 166 cm³/mol. The molecule has 0 radical (unpaired) electrons. The van der Waals surface area contributed by atoms with Crippen LogP contribution in [0.2, 0.25) is 0 Å². The Morgan fingerprint density at radius 1 is 0.786 bits per heavy atom. The van der Waals surface area contributed by atoms with Crippen LogP contribution < -0.4 is 11.1 Å². The fraction of sp³-hybridized carbons (Fsp3) is 0.250. The Bertz CT molecular complexity index is 1790. The van der Waals surface area contributed by atoms with Crippen molar-refractivity contribution >= 4 is 43.8 Å². The van der Waals surface area contributed by atoms with Gasteiger partial charge in [0.15, 0.2) is 0 Å². The Hall–Kier alpha value is -3.76. The molecule has 6 rings (SSSR count). The lowest BCUT2D eigenvalue weighted by Crippen LogP contribution is -2.29. The van der Waals surface area contributed by atoms with E-state index < -0.39 is 17.5 Å². The van der Waals surface area contributed by atoms with Crippen LogP contribution >= 0.6 is 31.9 Å². The van der Waals surface area contributed by atoms with Crippen molar-refractivity contribution < 1.29 is 19.4 Å². The van der Waals surface area contributed by atoms with Gasteiger partial charge in [0, 0.05) is 21.3 Å². The van der Waals surface area contributed by atoms with E-state index in [1.54, 1.807) is 36.0 Å². The molecule has 1 N–H and O–H groups in total. The number of hydrogen-bond acceptors (Lipinski definition) is 5. The summed E-state index contributed by atoms with van der Waals surface area (Å²) in [6.45, 7) is 1.98. The number of nitrogens with zero attached hydrogens (tertiary/aromatic N) is 2. The number of hydrogen-bond donors (Lipinski definition) is 1. The molecule has 2 aliphatic carbocycles. The van der Waals surface area contributed by atoms with E-state index in [9.17, 15) is 19.2 Å². The van der Waals surface area contributed by atoms with Crippen molar-refractivity contribution in [2.75, 3.05) is 6.61 Å². The molecule has 0 saturated carbocycles. The Morgan fingerprint density at radius 3 is 1.74 bits per heavy atom. The maximum Gasteiger partial charge on any atom is 0.343 e. The molecule has 0 amide bonds. The minimum Gasteiger partial charge on any atom is -0.477 e. The number of halogens is 2. The third-order valence-corrected chi connectivity index (χ3v) is 9.20. The van der Waals surface area contributed by atoms with Crippen LogP contribution in [-0.2, 0) is 17.6 Å². The van der Waals surface area contributed by atoms with Crippen LogP contribution in [0.5, 0.6) is 0 Å². The van der Waals surface area contributed by atoms with Crippen LogP contribution in [0.15, 0.2) is 91.6 Å². The van der Waals surface area contributed by atoms with Gasteiger partial charge in [0.05, 0.1) is 18.7 Å². The van der Waals surface area contributed by atoms with Crippen LogP contribution in [0, 0.1) is 0 Å². The third-order valence-electron chi connectivity index (χ3n) is 7.71. The number of esters is 1. The number of aromatic nitrogens is 2. The summed E-state index contributed by atoms with van der Waals surface area (Å²) < 4.78 is 10.2. The van der Waals surface area contributed by atoms with E-state index in [-0.39, 0.29) is 35.4 Å². The molecule has 0 bridgehead atoms. The lowest BCUT2D eigenvalue weighted by Gasteiger charge is -2.16. The molecular formula is C32H28Br2N2O6. The largest absolute Gasteiger partial charge is 0.477 e. The lowest BCUT2D eigenvalue weighted by atomic mass is 10.1. The van der Waals surface area contributed by atoms with E-state index >= 15 is 0 Å². The average molecular weight is 696 g/mol. The van der Waals surface area contributed by atoms with Crippen molar-refractivity contribution in [3.63, 3.8) is 0 Å². The first kappa shape index (κ1) is 29.7. The molecular weight excluding hydrogens is 668 g/mol. The summed E-state index contributed by atoms with van der Waals surface area (Å²) in [4.78, 5) is 47.8. The number of rotatable bonds is 5. The zero-order valence-electron chi connectivity index (χ0n) is 22.8. The Morgan fingerprint density at radius 2 is 1.26 bits per heavy atom. The number of carbonyl (C=O) groups excluding carboxylic acids is 1. The Labute approximate surface area is 258 Å². The van der Waals surface area contributed by atoms with Gasteiger partial charge < -0.3 is 19.0 Å². The fourth-order valence-corrected chi connectivity index (χ4v) is 6.95. The smallest absolute Gasteiger partial charge is 0.343 e. The maximum absolute atomic E-state index is 12.6. The normalized spacial score (nSPS) is 16.6. The number of pyridine rings is 2. The number of ether oxygens (including phenoxy) is 1. The molecule has 0 aliphatic heterocycles. The topological polar surface area (TPSA) is 108 Å². The van der Waals surface area contributed by atoms with E-state index in [4.69, 9.17) is 9.84 Å². The zero-order valence-corrected chi connectivity index (χ0v) is 25.9. The maximum atomic E-state index is 12.6. The van der Waals surface area contributed by atoms with E-state index in [0.717, 1.165) is 45.8 Å². The van der Waals surface area contributed by atoms with Crippen LogP contribution in [0.25, 0.3) is 0 Å². The quantitative estimate of drug-likeness (QED) is 0.251. The van der Waals surface area contributed by atoms with Gasteiger partial charge in [-0.15, -0.1) is 0 Å². The Balaban J connectivity index is 0.000000169. The Kier molecular flexibility index (Phi) is 8.93. The highest BCUT2D eigenvalue weighted by Gasteiger charge is 2.28. The summed E-state index contributed by atoms with van der Waals surface area (Å²) >= 11 is 7.08. The number of aromatic carboxylic acids is 1. The zero-order chi connectivity index (χ0) is 30.0. The van der Waals surface area contributed by atoms with Crippen molar-refractivity contribution in [1.82, 2.24) is 9.13 Å². The summed E-state index contributed by atoms with van der Waals surface area (Å²) in [5.41, 5.74) is 3.83. The molecule has 2 aromatic carbocycles. The van der Waals surface area contributed by atoms with E-state index in [1.165, 1.54) is 27.8 Å². The molecule has 0 spiro atoms. The summed E-state index contributed by atoms with van der Waals surface area (Å²) in [5.74, 6) is -1.74. The summed E-state index contributed by atoms with van der Waals surface area (Å²) in [6, 6.07) is 18.0. The molecule has 2 aliphatic rings. The summed E-state index contributed by atoms with van der Waals surface area (Å²) in [6.07, 6.45) is 6.86. The van der Waals surface area contributed by atoms with Gasteiger partial charge in [0.25, 0.3) is 11.1 Å². The van der Waals surface area contributed by atoms with Crippen molar-refractivity contribution in [2.45, 2.75) is 44.7 Å². The first-order valence-electron chi connectivity index (χ1n) is 13.6. The molecule has 2 atom stereocenters. The van der Waals surface area contributed by atoms with Gasteiger partial charge in [0.1, 0.15) is 11.1 Å². The first-order valence-corrected chi connectivity index (χ1v) is 15.2. The average Bonchev–Trinajstić information content (AvgIpc) is 3.60. The molecule has 8 nitrogen and oxygen atoms in total. The minimum atomic E-state index is -1.18. The van der Waals surface area contributed by atoms with Gasteiger partial charge >= 0.3 is 11.9 Å². The highest BCUT2D eigenvalue weighted by Crippen LogP contribution is 2.38. The molecule has 4 aromatic rings. The highest BCUT2D eigenvalue weighted by molar-refractivity contribution is 9.10. The number of carboxylic acid groups (broad SMARTS) is 1. The predicted octanol–water partition coefficient (Wildman–Crippen LogP) is 6.17. The van der Waals surface area contributed by atoms with Crippen LogP contribution in [0.3, 0.4) is 0 Å². The summed E-state index contributed by atoms with van der Waals surface area (Å²) in [7, 11) is 0. The van der Waals surface area contributed by atoms with Gasteiger partial charge in [-0.3, -0.25) is 9.59 Å². The second-order valence-corrected chi connectivity index (χ2v) is 11.7. The molecule has 10 heteroatoms. The number of carboxylic acids is 1. The monoisotopic (exact) mass is 694 g/mol. The van der Waals surface area contributed by atoms with Crippen molar-refractivity contribution in [2.24, 2.45) is 0 Å². The van der Waals surface area contributed by atoms with E-state index in [0.29, 0.717) is 0 Å². The van der Waals surface area contributed by atoms with Crippen LogP contribution in [0.4, 0.5) is 0 Å². The second-order valence-electron chi connectivity index (χ2n) is 10.0. The van der Waals surface area contributed by atoms with E-state index in [1.807, 2.05) is 36.4 Å². The fourth-order valence-electron chi connectivity index (χ4n) is 5.79. The number of fused-ring (bicyclic) bond motifs is 2. The molecule has 0 fully saturated rings. The summed E-state index contributed by atoms with van der Waals surface area (Å²) in [5, 5.41) is 9.05. The molecule has 42 heavy (non-hydrogen) atoms.